The molecule has 1 aromatic carbocycles. The highest BCUT2D eigenvalue weighted by Gasteiger charge is 2.38. The zero-order valence-corrected chi connectivity index (χ0v) is 11.9. The van der Waals surface area contributed by atoms with Crippen LogP contribution in [0.25, 0.3) is 0 Å². The first-order chi connectivity index (χ1) is 8.57. The molecule has 0 saturated heterocycles. The Morgan fingerprint density at radius 1 is 1.33 bits per heavy atom. The number of halogens is 1. The van der Waals surface area contributed by atoms with Gasteiger partial charge in [0.15, 0.2) is 9.84 Å². The van der Waals surface area contributed by atoms with E-state index >= 15 is 0 Å². The van der Waals surface area contributed by atoms with E-state index < -0.39 is 9.84 Å². The normalized spacial score (nSPS) is 24.3. The Morgan fingerprint density at radius 3 is 2.72 bits per heavy atom. The van der Waals surface area contributed by atoms with E-state index in [4.69, 9.17) is 16.3 Å². The predicted molar refractivity (Wildman–Crippen MR) is 71.6 cm³/mol. The molecule has 5 heteroatoms. The van der Waals surface area contributed by atoms with Gasteiger partial charge in [-0.3, -0.25) is 0 Å². The summed E-state index contributed by atoms with van der Waals surface area (Å²) in [5, 5.41) is -0.0575. The highest BCUT2D eigenvalue weighted by molar-refractivity contribution is 7.92. The molecule has 0 spiro atoms. The third-order valence-electron chi connectivity index (χ3n) is 3.51. The van der Waals surface area contributed by atoms with Crippen LogP contribution in [0.2, 0.25) is 5.02 Å². The van der Waals surface area contributed by atoms with E-state index in [0.29, 0.717) is 18.1 Å². The molecule has 3 nitrogen and oxygen atoms in total. The van der Waals surface area contributed by atoms with E-state index in [0.717, 1.165) is 12.8 Å². The Morgan fingerprint density at radius 2 is 2.06 bits per heavy atom. The molecular formula is C13H17ClO3S. The molecule has 1 aliphatic rings. The zero-order chi connectivity index (χ0) is 13.2. The van der Waals surface area contributed by atoms with Crippen LogP contribution in [0.3, 0.4) is 0 Å². The number of hydrogen-bond donors (Lipinski definition) is 0. The van der Waals surface area contributed by atoms with Crippen molar-refractivity contribution in [2.24, 2.45) is 5.92 Å². The largest absolute Gasteiger partial charge is 0.384 e. The molecule has 1 aromatic rings. The lowest BCUT2D eigenvalue weighted by atomic mass is 10.1. The van der Waals surface area contributed by atoms with Crippen LogP contribution in [0.15, 0.2) is 29.2 Å². The molecular weight excluding hydrogens is 272 g/mol. The maximum atomic E-state index is 12.6. The summed E-state index contributed by atoms with van der Waals surface area (Å²) in [7, 11) is -1.74. The molecule has 1 saturated carbocycles. The third-order valence-corrected chi connectivity index (χ3v) is 6.34. The number of hydrogen-bond acceptors (Lipinski definition) is 3. The topological polar surface area (TPSA) is 43.4 Å². The maximum absolute atomic E-state index is 12.6. The van der Waals surface area contributed by atoms with Gasteiger partial charge in [-0.25, -0.2) is 8.42 Å². The molecule has 0 radical (unpaired) electrons. The quantitative estimate of drug-likeness (QED) is 0.855. The van der Waals surface area contributed by atoms with E-state index in [1.54, 1.807) is 31.4 Å². The number of methoxy groups -OCH3 is 1. The van der Waals surface area contributed by atoms with Crippen LogP contribution in [-0.2, 0) is 14.6 Å². The molecule has 0 heterocycles. The summed E-state index contributed by atoms with van der Waals surface area (Å²) in [6.45, 7) is 0.494. The molecule has 1 fully saturated rings. The predicted octanol–water partition coefficient (Wildman–Crippen LogP) is 2.93. The summed E-state index contributed by atoms with van der Waals surface area (Å²) in [6.07, 6.45) is 2.53. The summed E-state index contributed by atoms with van der Waals surface area (Å²) < 4.78 is 30.3. The Labute approximate surface area is 113 Å². The van der Waals surface area contributed by atoms with Gasteiger partial charge < -0.3 is 4.74 Å². The van der Waals surface area contributed by atoms with Crippen molar-refractivity contribution < 1.29 is 13.2 Å². The van der Waals surface area contributed by atoms with Gasteiger partial charge in [0.1, 0.15) is 0 Å². The summed E-state index contributed by atoms with van der Waals surface area (Å²) in [5.41, 5.74) is 0. The first-order valence-corrected chi connectivity index (χ1v) is 7.97. The molecule has 2 atom stereocenters. The van der Waals surface area contributed by atoms with Crippen LogP contribution in [0.5, 0.6) is 0 Å². The molecule has 0 unspecified atom stereocenters. The van der Waals surface area contributed by atoms with Crippen LogP contribution < -0.4 is 0 Å². The second-order valence-electron chi connectivity index (χ2n) is 4.66. The lowest BCUT2D eigenvalue weighted by Crippen LogP contribution is -2.28. The minimum absolute atomic E-state index is 0.0799. The summed E-state index contributed by atoms with van der Waals surface area (Å²) in [6, 6.07) is 6.65. The smallest absolute Gasteiger partial charge is 0.183 e. The van der Waals surface area contributed by atoms with Crippen molar-refractivity contribution in [1.82, 2.24) is 0 Å². The van der Waals surface area contributed by atoms with Crippen molar-refractivity contribution in [3.63, 3.8) is 0 Å². The number of benzene rings is 1. The van der Waals surface area contributed by atoms with E-state index in [2.05, 4.69) is 0 Å². The van der Waals surface area contributed by atoms with Crippen molar-refractivity contribution in [1.29, 1.82) is 0 Å². The molecule has 0 aliphatic heterocycles. The van der Waals surface area contributed by atoms with Crippen molar-refractivity contribution in [2.75, 3.05) is 13.7 Å². The number of ether oxygens (including phenoxy) is 1. The second-order valence-corrected chi connectivity index (χ2v) is 7.20. The first-order valence-electron chi connectivity index (χ1n) is 6.04. The van der Waals surface area contributed by atoms with Gasteiger partial charge in [0.2, 0.25) is 0 Å². The van der Waals surface area contributed by atoms with Crippen LogP contribution in [-0.4, -0.2) is 27.4 Å². The average molecular weight is 289 g/mol. The summed E-state index contributed by atoms with van der Waals surface area (Å²) >= 11 is 6.00. The minimum atomic E-state index is -3.35. The van der Waals surface area contributed by atoms with Gasteiger partial charge in [0.25, 0.3) is 0 Å². The summed E-state index contributed by atoms with van der Waals surface area (Å²) in [5.74, 6) is 0.0799. The standard InChI is InChI=1S/C13H17ClO3S/c1-17-9-10-5-4-8-12(10)18(15,16)13-7-3-2-6-11(13)14/h2-3,6-7,10,12H,4-5,8-9H2,1H3/t10-,12-/m0/s1. The Bertz CT molecular complexity index is 513. The SMILES string of the molecule is COC[C@@H]1CCC[C@@H]1S(=O)(=O)c1ccccc1Cl. The van der Waals surface area contributed by atoms with Crippen molar-refractivity contribution in [3.8, 4) is 0 Å². The second kappa shape index (κ2) is 5.59. The van der Waals surface area contributed by atoms with E-state index in [1.165, 1.54) is 0 Å². The lowest BCUT2D eigenvalue weighted by molar-refractivity contribution is 0.156. The molecule has 1 aliphatic carbocycles. The maximum Gasteiger partial charge on any atom is 0.183 e. The van der Waals surface area contributed by atoms with E-state index in [1.807, 2.05) is 0 Å². The monoisotopic (exact) mass is 288 g/mol. The molecule has 18 heavy (non-hydrogen) atoms. The van der Waals surface area contributed by atoms with Gasteiger partial charge in [0, 0.05) is 7.11 Å². The van der Waals surface area contributed by atoms with Crippen LogP contribution >= 0.6 is 11.6 Å². The fraction of sp³-hybridized carbons (Fsp3) is 0.538. The van der Waals surface area contributed by atoms with Crippen molar-refractivity contribution >= 4 is 21.4 Å². The Kier molecular flexibility index (Phi) is 4.30. The average Bonchev–Trinajstić information content (AvgIpc) is 2.79. The van der Waals surface area contributed by atoms with Crippen LogP contribution in [0.1, 0.15) is 19.3 Å². The fourth-order valence-electron chi connectivity index (χ4n) is 2.65. The van der Waals surface area contributed by atoms with E-state index in [-0.39, 0.29) is 16.1 Å². The Hall–Kier alpha value is -0.580. The van der Waals surface area contributed by atoms with Crippen LogP contribution in [0, 0.1) is 5.92 Å². The lowest BCUT2D eigenvalue weighted by Gasteiger charge is -2.19. The molecule has 2 rings (SSSR count). The first kappa shape index (κ1) is 13.8. The van der Waals surface area contributed by atoms with Gasteiger partial charge in [-0.15, -0.1) is 0 Å². The van der Waals surface area contributed by atoms with Crippen molar-refractivity contribution in [3.05, 3.63) is 29.3 Å². The molecule has 0 N–H and O–H groups in total. The molecule has 0 amide bonds. The highest BCUT2D eigenvalue weighted by atomic mass is 35.5. The zero-order valence-electron chi connectivity index (χ0n) is 10.3. The molecule has 0 bridgehead atoms. The van der Waals surface area contributed by atoms with Gasteiger partial charge in [-0.1, -0.05) is 30.2 Å². The number of rotatable bonds is 4. The highest BCUT2D eigenvalue weighted by Crippen LogP contribution is 2.36. The fourth-order valence-corrected chi connectivity index (χ4v) is 5.25. The Balaban J connectivity index is 2.34. The number of sulfone groups is 1. The third kappa shape index (κ3) is 2.56. The van der Waals surface area contributed by atoms with Gasteiger partial charge in [-0.05, 0) is 30.9 Å². The van der Waals surface area contributed by atoms with Gasteiger partial charge in [0.05, 0.1) is 21.8 Å². The van der Waals surface area contributed by atoms with Gasteiger partial charge >= 0.3 is 0 Å². The van der Waals surface area contributed by atoms with E-state index in [9.17, 15) is 8.42 Å². The molecule has 0 aromatic heterocycles. The molecule has 100 valence electrons. The van der Waals surface area contributed by atoms with Gasteiger partial charge in [-0.2, -0.15) is 0 Å². The van der Waals surface area contributed by atoms with Crippen molar-refractivity contribution in [2.45, 2.75) is 29.4 Å². The van der Waals surface area contributed by atoms with Crippen LogP contribution in [0.4, 0.5) is 0 Å². The summed E-state index contributed by atoms with van der Waals surface area (Å²) in [4.78, 5) is 0.250. The minimum Gasteiger partial charge on any atom is -0.384 e.